The molecule has 1 aromatic heterocycles. The van der Waals surface area contributed by atoms with Crippen LogP contribution in [-0.2, 0) is 0 Å². The van der Waals surface area contributed by atoms with Crippen molar-refractivity contribution in [2.45, 2.75) is 13.0 Å². The van der Waals surface area contributed by atoms with Crippen molar-refractivity contribution in [1.29, 1.82) is 0 Å². The zero-order valence-electron chi connectivity index (χ0n) is 9.45. The molecule has 0 radical (unpaired) electrons. The summed E-state index contributed by atoms with van der Waals surface area (Å²) in [5.74, 6) is 2.11. The van der Waals surface area contributed by atoms with Crippen LogP contribution in [0.5, 0.6) is 0 Å². The van der Waals surface area contributed by atoms with Crippen molar-refractivity contribution in [3.05, 3.63) is 41.7 Å². The van der Waals surface area contributed by atoms with Crippen molar-refractivity contribution < 1.29 is 0 Å². The second kappa shape index (κ2) is 7.71. The van der Waals surface area contributed by atoms with Gasteiger partial charge in [0.05, 0.1) is 0 Å². The van der Waals surface area contributed by atoms with Gasteiger partial charge in [0.15, 0.2) is 0 Å². The Kier molecular flexibility index (Phi) is 6.53. The maximum absolute atomic E-state index is 5.73. The summed E-state index contributed by atoms with van der Waals surface area (Å²) >= 11 is 7.61. The average molecular weight is 257 g/mol. The summed E-state index contributed by atoms with van der Waals surface area (Å²) < 4.78 is 0. The summed E-state index contributed by atoms with van der Waals surface area (Å²) in [7, 11) is 0. The van der Waals surface area contributed by atoms with E-state index < -0.39 is 0 Å². The minimum atomic E-state index is 0.314. The minimum Gasteiger partial charge on any atom is -0.309 e. The van der Waals surface area contributed by atoms with E-state index in [4.69, 9.17) is 11.6 Å². The Bertz CT molecular complexity index is 313. The molecule has 0 saturated carbocycles. The number of rotatable bonds is 7. The molecule has 1 rings (SSSR count). The monoisotopic (exact) mass is 256 g/mol. The van der Waals surface area contributed by atoms with Crippen molar-refractivity contribution >= 4 is 23.4 Å². The SMILES string of the molecule is C=CCSCCNC(C)c1ccc(Cl)nc1. The van der Waals surface area contributed by atoms with Gasteiger partial charge in [0.2, 0.25) is 0 Å². The fourth-order valence-corrected chi connectivity index (χ4v) is 1.98. The summed E-state index contributed by atoms with van der Waals surface area (Å²) in [5.41, 5.74) is 1.16. The van der Waals surface area contributed by atoms with Gasteiger partial charge in [0.25, 0.3) is 0 Å². The largest absolute Gasteiger partial charge is 0.309 e. The fraction of sp³-hybridized carbons (Fsp3) is 0.417. The summed E-state index contributed by atoms with van der Waals surface area (Å²) in [5, 5.41) is 3.98. The Balaban J connectivity index is 2.26. The van der Waals surface area contributed by atoms with Crippen LogP contribution in [0.25, 0.3) is 0 Å². The van der Waals surface area contributed by atoms with Gasteiger partial charge in [-0.1, -0.05) is 23.7 Å². The quantitative estimate of drug-likeness (QED) is 0.460. The third-order valence-corrected chi connectivity index (χ3v) is 3.37. The molecule has 1 aromatic rings. The normalized spacial score (nSPS) is 12.4. The number of pyridine rings is 1. The predicted octanol–water partition coefficient (Wildman–Crippen LogP) is 3.30. The van der Waals surface area contributed by atoms with Crippen molar-refractivity contribution in [2.24, 2.45) is 0 Å². The van der Waals surface area contributed by atoms with E-state index in [9.17, 15) is 0 Å². The van der Waals surface area contributed by atoms with E-state index in [0.717, 1.165) is 23.6 Å². The Morgan fingerprint density at radius 2 is 2.44 bits per heavy atom. The van der Waals surface area contributed by atoms with E-state index in [1.165, 1.54) is 0 Å². The molecule has 1 heterocycles. The van der Waals surface area contributed by atoms with Gasteiger partial charge in [-0.15, -0.1) is 6.58 Å². The van der Waals surface area contributed by atoms with Crippen LogP contribution in [0.4, 0.5) is 0 Å². The number of hydrogen-bond acceptors (Lipinski definition) is 3. The standard InChI is InChI=1S/C12H17ClN2S/c1-3-7-16-8-6-14-10(2)11-4-5-12(13)15-9-11/h3-5,9-10,14H,1,6-8H2,2H3. The molecule has 0 bridgehead atoms. The summed E-state index contributed by atoms with van der Waals surface area (Å²) in [6.45, 7) is 6.80. The number of nitrogens with zero attached hydrogens (tertiary/aromatic N) is 1. The Labute approximate surface area is 106 Å². The first-order chi connectivity index (χ1) is 7.74. The number of thioether (sulfide) groups is 1. The molecule has 0 aliphatic carbocycles. The van der Waals surface area contributed by atoms with Gasteiger partial charge < -0.3 is 5.32 Å². The van der Waals surface area contributed by atoms with Crippen LogP contribution < -0.4 is 5.32 Å². The van der Waals surface area contributed by atoms with E-state index in [-0.39, 0.29) is 0 Å². The molecule has 4 heteroatoms. The van der Waals surface area contributed by atoms with Crippen LogP contribution in [0.15, 0.2) is 31.0 Å². The predicted molar refractivity (Wildman–Crippen MR) is 73.2 cm³/mol. The molecule has 1 unspecified atom stereocenters. The molecule has 0 aromatic carbocycles. The van der Waals surface area contributed by atoms with Gasteiger partial charge in [-0.3, -0.25) is 0 Å². The highest BCUT2D eigenvalue weighted by atomic mass is 35.5. The van der Waals surface area contributed by atoms with Crippen molar-refractivity contribution in [2.75, 3.05) is 18.1 Å². The highest BCUT2D eigenvalue weighted by Crippen LogP contribution is 2.13. The van der Waals surface area contributed by atoms with Gasteiger partial charge >= 0.3 is 0 Å². The first-order valence-electron chi connectivity index (χ1n) is 5.27. The van der Waals surface area contributed by atoms with Gasteiger partial charge in [-0.2, -0.15) is 11.8 Å². The van der Waals surface area contributed by atoms with E-state index >= 15 is 0 Å². The number of nitrogens with one attached hydrogen (secondary N) is 1. The molecule has 2 nitrogen and oxygen atoms in total. The molecule has 0 aliphatic rings. The van der Waals surface area contributed by atoms with E-state index in [2.05, 4.69) is 23.8 Å². The lowest BCUT2D eigenvalue weighted by Gasteiger charge is -2.13. The summed E-state index contributed by atoms with van der Waals surface area (Å²) in [6.07, 6.45) is 3.74. The number of aromatic nitrogens is 1. The summed E-state index contributed by atoms with van der Waals surface area (Å²) in [6, 6.07) is 4.14. The van der Waals surface area contributed by atoms with Crippen LogP contribution in [0.3, 0.4) is 0 Å². The molecule has 88 valence electrons. The summed E-state index contributed by atoms with van der Waals surface area (Å²) in [4.78, 5) is 4.06. The molecular weight excluding hydrogens is 240 g/mol. The van der Waals surface area contributed by atoms with E-state index in [1.54, 1.807) is 0 Å². The fourth-order valence-electron chi connectivity index (χ4n) is 1.28. The second-order valence-corrected chi connectivity index (χ2v) is 4.99. The first-order valence-corrected chi connectivity index (χ1v) is 6.80. The van der Waals surface area contributed by atoms with Crippen molar-refractivity contribution in [1.82, 2.24) is 10.3 Å². The molecule has 0 amide bonds. The maximum atomic E-state index is 5.73. The van der Waals surface area contributed by atoms with E-state index in [1.807, 2.05) is 36.2 Å². The molecule has 16 heavy (non-hydrogen) atoms. The minimum absolute atomic E-state index is 0.314. The lowest BCUT2D eigenvalue weighted by atomic mass is 10.1. The molecule has 0 spiro atoms. The maximum Gasteiger partial charge on any atom is 0.129 e. The third-order valence-electron chi connectivity index (χ3n) is 2.18. The molecule has 0 fully saturated rings. The van der Waals surface area contributed by atoms with Gasteiger partial charge in [-0.05, 0) is 18.6 Å². The molecular formula is C12H17ClN2S. The van der Waals surface area contributed by atoms with Crippen LogP contribution >= 0.6 is 23.4 Å². The van der Waals surface area contributed by atoms with Gasteiger partial charge in [0.1, 0.15) is 5.15 Å². The zero-order valence-corrected chi connectivity index (χ0v) is 11.0. The highest BCUT2D eigenvalue weighted by molar-refractivity contribution is 7.99. The van der Waals surface area contributed by atoms with E-state index in [0.29, 0.717) is 11.2 Å². The van der Waals surface area contributed by atoms with Crippen LogP contribution in [0.1, 0.15) is 18.5 Å². The zero-order chi connectivity index (χ0) is 11.8. The topological polar surface area (TPSA) is 24.9 Å². The third kappa shape index (κ3) is 5.01. The smallest absolute Gasteiger partial charge is 0.129 e. The molecule has 0 aliphatic heterocycles. The van der Waals surface area contributed by atoms with Crippen LogP contribution in [0, 0.1) is 0 Å². The lowest BCUT2D eigenvalue weighted by molar-refractivity contribution is 0.599. The highest BCUT2D eigenvalue weighted by Gasteiger charge is 2.04. The van der Waals surface area contributed by atoms with Gasteiger partial charge in [0, 0.05) is 30.3 Å². The number of halogens is 1. The van der Waals surface area contributed by atoms with Crippen molar-refractivity contribution in [3.8, 4) is 0 Å². The van der Waals surface area contributed by atoms with Crippen LogP contribution in [0.2, 0.25) is 5.15 Å². The van der Waals surface area contributed by atoms with Crippen LogP contribution in [-0.4, -0.2) is 23.0 Å². The molecule has 1 N–H and O–H groups in total. The second-order valence-electron chi connectivity index (χ2n) is 3.45. The van der Waals surface area contributed by atoms with Gasteiger partial charge in [-0.25, -0.2) is 4.98 Å². The molecule has 1 atom stereocenters. The Morgan fingerprint density at radius 3 is 3.06 bits per heavy atom. The molecule has 0 saturated heterocycles. The number of hydrogen-bond donors (Lipinski definition) is 1. The average Bonchev–Trinajstić information content (AvgIpc) is 2.29. The Morgan fingerprint density at radius 1 is 1.62 bits per heavy atom. The lowest BCUT2D eigenvalue weighted by Crippen LogP contribution is -2.21. The first kappa shape index (κ1) is 13.6. The Hall–Kier alpha value is -0.510. The van der Waals surface area contributed by atoms with Crippen molar-refractivity contribution in [3.63, 3.8) is 0 Å².